The van der Waals surface area contributed by atoms with Crippen LogP contribution in [0.5, 0.6) is 0 Å². The van der Waals surface area contributed by atoms with Crippen LogP contribution in [0.1, 0.15) is 24.8 Å². The van der Waals surface area contributed by atoms with Crippen molar-refractivity contribution in [3.8, 4) is 0 Å². The van der Waals surface area contributed by atoms with E-state index >= 15 is 0 Å². The molecule has 3 unspecified atom stereocenters. The first-order valence-electron chi connectivity index (χ1n) is 5.94. The third kappa shape index (κ3) is 1.52. The van der Waals surface area contributed by atoms with E-state index in [9.17, 15) is 9.90 Å². The molecule has 2 aliphatic rings. The summed E-state index contributed by atoms with van der Waals surface area (Å²) in [7, 11) is 0. The van der Waals surface area contributed by atoms with Crippen LogP contribution in [0.3, 0.4) is 0 Å². The number of carbonyl (C=O) groups is 1. The van der Waals surface area contributed by atoms with Crippen molar-refractivity contribution in [2.45, 2.75) is 30.8 Å². The number of hydrogen-bond acceptors (Lipinski definition) is 3. The summed E-state index contributed by atoms with van der Waals surface area (Å²) in [5.41, 5.74) is 1.60. The van der Waals surface area contributed by atoms with Crippen molar-refractivity contribution >= 4 is 11.7 Å². The maximum Gasteiger partial charge on any atom is 0.323 e. The topological polar surface area (TPSA) is 61.4 Å². The molecule has 0 bridgehead atoms. The number of anilines is 1. The van der Waals surface area contributed by atoms with E-state index in [0.717, 1.165) is 5.69 Å². The second-order valence-corrected chi connectivity index (χ2v) is 5.17. The van der Waals surface area contributed by atoms with Crippen molar-refractivity contribution in [1.82, 2.24) is 5.32 Å². The monoisotopic (exact) mass is 232 g/mol. The lowest BCUT2D eigenvalue weighted by Crippen LogP contribution is -2.58. The number of benzene rings is 1. The lowest BCUT2D eigenvalue weighted by molar-refractivity contribution is -0.145. The molecule has 1 aromatic rings. The number of carboxylic acids is 1. The Bertz CT molecular complexity index is 474. The average molecular weight is 232 g/mol. The van der Waals surface area contributed by atoms with Gasteiger partial charge in [0, 0.05) is 24.2 Å². The molecule has 1 saturated heterocycles. The number of hydrogen-bond donors (Lipinski definition) is 3. The largest absolute Gasteiger partial charge is 0.480 e. The number of fused-ring (bicyclic) bond motifs is 3. The van der Waals surface area contributed by atoms with Crippen LogP contribution in [0, 0.1) is 0 Å². The van der Waals surface area contributed by atoms with Gasteiger partial charge in [0.1, 0.15) is 5.54 Å². The zero-order chi connectivity index (χ0) is 12.0. The molecule has 4 nitrogen and oxygen atoms in total. The van der Waals surface area contributed by atoms with Crippen LogP contribution in [0.25, 0.3) is 0 Å². The van der Waals surface area contributed by atoms with Crippen LogP contribution in [0.2, 0.25) is 0 Å². The van der Waals surface area contributed by atoms with E-state index in [2.05, 4.69) is 22.8 Å². The molecule has 3 atom stereocenters. The Hall–Kier alpha value is -1.55. The second kappa shape index (κ2) is 3.47. The Balaban J connectivity index is 1.94. The smallest absolute Gasteiger partial charge is 0.323 e. The first kappa shape index (κ1) is 10.6. The molecular weight excluding hydrogens is 216 g/mol. The van der Waals surface area contributed by atoms with Crippen LogP contribution in [0.4, 0.5) is 5.69 Å². The highest BCUT2D eigenvalue weighted by atomic mass is 16.4. The number of piperidine rings is 1. The normalized spacial score (nSPS) is 34.6. The Labute approximate surface area is 100 Å². The lowest BCUT2D eigenvalue weighted by atomic mass is 9.79. The molecule has 3 rings (SSSR count). The van der Waals surface area contributed by atoms with E-state index in [0.29, 0.717) is 24.9 Å². The molecule has 0 amide bonds. The van der Waals surface area contributed by atoms with Gasteiger partial charge < -0.3 is 15.7 Å². The lowest BCUT2D eigenvalue weighted by Gasteiger charge is -2.38. The molecule has 0 aliphatic carbocycles. The van der Waals surface area contributed by atoms with Crippen LogP contribution in [0.15, 0.2) is 24.3 Å². The van der Waals surface area contributed by atoms with E-state index in [1.165, 1.54) is 5.56 Å². The Kier molecular flexibility index (Phi) is 2.16. The molecule has 0 radical (unpaired) electrons. The highest BCUT2D eigenvalue weighted by Gasteiger charge is 2.45. The molecule has 4 heteroatoms. The number of rotatable bonds is 1. The third-order valence-electron chi connectivity index (χ3n) is 4.00. The fourth-order valence-corrected chi connectivity index (χ4v) is 2.92. The predicted octanol–water partition coefficient (Wildman–Crippen LogP) is 1.40. The zero-order valence-electron chi connectivity index (χ0n) is 9.73. The summed E-state index contributed by atoms with van der Waals surface area (Å²) in [6.45, 7) is 2.47. The van der Waals surface area contributed by atoms with Crippen molar-refractivity contribution in [2.75, 3.05) is 11.9 Å². The molecule has 1 aromatic carbocycles. The van der Waals surface area contributed by atoms with E-state index in [1.807, 2.05) is 12.1 Å². The van der Waals surface area contributed by atoms with Crippen LogP contribution in [-0.2, 0) is 4.79 Å². The van der Waals surface area contributed by atoms with Crippen molar-refractivity contribution in [3.05, 3.63) is 29.8 Å². The number of para-hydroxylation sites is 1. The Morgan fingerprint density at radius 3 is 3.00 bits per heavy atom. The maximum atomic E-state index is 11.3. The van der Waals surface area contributed by atoms with E-state index < -0.39 is 11.5 Å². The summed E-state index contributed by atoms with van der Waals surface area (Å²) in [4.78, 5) is 11.3. The van der Waals surface area contributed by atoms with Crippen molar-refractivity contribution < 1.29 is 9.90 Å². The average Bonchev–Trinajstić information content (AvgIpc) is 2.67. The van der Waals surface area contributed by atoms with Crippen molar-refractivity contribution in [1.29, 1.82) is 0 Å². The zero-order valence-corrected chi connectivity index (χ0v) is 9.73. The van der Waals surface area contributed by atoms with Crippen molar-refractivity contribution in [3.63, 3.8) is 0 Å². The summed E-state index contributed by atoms with van der Waals surface area (Å²) in [6.07, 6.45) is 0.636. The predicted molar refractivity (Wildman–Crippen MR) is 65.3 cm³/mol. The molecule has 0 spiro atoms. The summed E-state index contributed by atoms with van der Waals surface area (Å²) in [5, 5.41) is 15.9. The summed E-state index contributed by atoms with van der Waals surface area (Å²) in [6, 6.07) is 8.50. The fraction of sp³-hybridized carbons (Fsp3) is 0.462. The molecule has 1 fully saturated rings. The first-order valence-corrected chi connectivity index (χ1v) is 5.94. The molecule has 3 N–H and O–H groups in total. The minimum Gasteiger partial charge on any atom is -0.480 e. The Morgan fingerprint density at radius 2 is 2.24 bits per heavy atom. The van der Waals surface area contributed by atoms with Crippen LogP contribution in [-0.4, -0.2) is 29.2 Å². The van der Waals surface area contributed by atoms with Gasteiger partial charge in [-0.15, -0.1) is 0 Å². The molecular formula is C13H16N2O2. The van der Waals surface area contributed by atoms with Crippen LogP contribution < -0.4 is 10.6 Å². The van der Waals surface area contributed by atoms with Gasteiger partial charge >= 0.3 is 5.97 Å². The van der Waals surface area contributed by atoms with Crippen LogP contribution >= 0.6 is 0 Å². The quantitative estimate of drug-likeness (QED) is 0.685. The van der Waals surface area contributed by atoms with Gasteiger partial charge in [0.2, 0.25) is 0 Å². The van der Waals surface area contributed by atoms with Gasteiger partial charge in [0.25, 0.3) is 0 Å². The second-order valence-electron chi connectivity index (χ2n) is 5.17. The standard InChI is InChI=1S/C13H16N2O2/c1-13(12(16)17)6-9-8-4-2-3-5-10(8)15-11(9)7-14-13/h2-5,9,11,14-15H,6-7H2,1H3,(H,16,17). The van der Waals surface area contributed by atoms with Gasteiger partial charge in [0.15, 0.2) is 0 Å². The molecule has 2 aliphatic heterocycles. The molecule has 2 heterocycles. The van der Waals surface area contributed by atoms with Gasteiger partial charge in [-0.1, -0.05) is 18.2 Å². The number of carboxylic acid groups (broad SMARTS) is 1. The van der Waals surface area contributed by atoms with Gasteiger partial charge in [-0.3, -0.25) is 4.79 Å². The van der Waals surface area contributed by atoms with E-state index in [4.69, 9.17) is 0 Å². The van der Waals surface area contributed by atoms with Gasteiger partial charge in [-0.05, 0) is 25.0 Å². The molecule has 0 saturated carbocycles. The molecule has 90 valence electrons. The SMILES string of the molecule is CC1(C(=O)O)CC2c3ccccc3NC2CN1. The number of nitrogens with one attached hydrogen (secondary N) is 2. The third-order valence-corrected chi connectivity index (χ3v) is 4.00. The fourth-order valence-electron chi connectivity index (χ4n) is 2.92. The minimum absolute atomic E-state index is 0.300. The minimum atomic E-state index is -0.805. The number of aliphatic carboxylic acids is 1. The van der Waals surface area contributed by atoms with Gasteiger partial charge in [-0.25, -0.2) is 0 Å². The molecule has 0 aromatic heterocycles. The first-order chi connectivity index (χ1) is 8.10. The maximum absolute atomic E-state index is 11.3. The van der Waals surface area contributed by atoms with Crippen molar-refractivity contribution in [2.24, 2.45) is 0 Å². The summed E-state index contributed by atoms with van der Waals surface area (Å²) < 4.78 is 0. The van der Waals surface area contributed by atoms with E-state index in [-0.39, 0.29) is 0 Å². The Morgan fingerprint density at radius 1 is 1.47 bits per heavy atom. The summed E-state index contributed by atoms with van der Waals surface area (Å²) >= 11 is 0. The molecule has 17 heavy (non-hydrogen) atoms. The van der Waals surface area contributed by atoms with E-state index in [1.54, 1.807) is 6.92 Å². The highest BCUT2D eigenvalue weighted by Crippen LogP contribution is 2.42. The van der Waals surface area contributed by atoms with Gasteiger partial charge in [-0.2, -0.15) is 0 Å². The highest BCUT2D eigenvalue weighted by molar-refractivity contribution is 5.79. The van der Waals surface area contributed by atoms with Gasteiger partial charge in [0.05, 0.1) is 0 Å². The summed E-state index contributed by atoms with van der Waals surface area (Å²) in [5.74, 6) is -0.464.